The Morgan fingerprint density at radius 3 is 2.29 bits per heavy atom. The SMILES string of the molecule is CC(C)(C)OC(=O)c1ccc(Nc2cc(-c3c(F)cccc3F)nnc2C(N)=O)nc1. The van der Waals surface area contributed by atoms with Crippen LogP contribution < -0.4 is 11.1 Å². The second-order valence-corrected chi connectivity index (χ2v) is 7.51. The number of amides is 1. The van der Waals surface area contributed by atoms with Gasteiger partial charge in [-0.3, -0.25) is 4.79 Å². The number of primary amides is 1. The van der Waals surface area contributed by atoms with Gasteiger partial charge in [-0.15, -0.1) is 10.2 Å². The molecule has 0 aliphatic carbocycles. The van der Waals surface area contributed by atoms with Crippen LogP contribution in [0.1, 0.15) is 41.6 Å². The first-order valence-electron chi connectivity index (χ1n) is 9.13. The lowest BCUT2D eigenvalue weighted by atomic mass is 10.1. The molecule has 0 fully saturated rings. The molecule has 3 rings (SSSR count). The molecule has 0 aliphatic rings. The van der Waals surface area contributed by atoms with Gasteiger partial charge in [-0.1, -0.05) is 6.07 Å². The van der Waals surface area contributed by atoms with Crippen LogP contribution in [0.2, 0.25) is 0 Å². The Hall–Kier alpha value is -3.95. The third-order valence-electron chi connectivity index (χ3n) is 3.91. The first kappa shape index (κ1) is 21.8. The molecule has 2 aromatic heterocycles. The summed E-state index contributed by atoms with van der Waals surface area (Å²) in [6.07, 6.45) is 1.28. The number of esters is 1. The van der Waals surface area contributed by atoms with Crippen molar-refractivity contribution in [2.45, 2.75) is 26.4 Å². The highest BCUT2D eigenvalue weighted by Crippen LogP contribution is 2.28. The fourth-order valence-corrected chi connectivity index (χ4v) is 2.60. The van der Waals surface area contributed by atoms with Crippen LogP contribution in [0.15, 0.2) is 42.6 Å². The predicted octanol–water partition coefficient (Wildman–Crippen LogP) is 3.61. The van der Waals surface area contributed by atoms with E-state index in [4.69, 9.17) is 10.5 Å². The smallest absolute Gasteiger partial charge is 0.340 e. The minimum Gasteiger partial charge on any atom is -0.456 e. The molecule has 10 heteroatoms. The molecule has 8 nitrogen and oxygen atoms in total. The van der Waals surface area contributed by atoms with Crippen LogP contribution in [0.4, 0.5) is 20.3 Å². The second-order valence-electron chi connectivity index (χ2n) is 7.51. The predicted molar refractivity (Wildman–Crippen MR) is 109 cm³/mol. The van der Waals surface area contributed by atoms with E-state index in [0.29, 0.717) is 0 Å². The summed E-state index contributed by atoms with van der Waals surface area (Å²) in [6, 6.07) is 7.54. The summed E-state index contributed by atoms with van der Waals surface area (Å²) in [4.78, 5) is 27.9. The van der Waals surface area contributed by atoms with Crippen LogP contribution in [0, 0.1) is 11.6 Å². The third kappa shape index (κ3) is 5.16. The summed E-state index contributed by atoms with van der Waals surface area (Å²) in [7, 11) is 0. The van der Waals surface area contributed by atoms with Crippen molar-refractivity contribution in [2.24, 2.45) is 5.73 Å². The lowest BCUT2D eigenvalue weighted by Crippen LogP contribution is -2.24. The van der Waals surface area contributed by atoms with Gasteiger partial charge in [0.15, 0.2) is 5.69 Å². The Bertz CT molecular complexity index is 1120. The van der Waals surface area contributed by atoms with Crippen molar-refractivity contribution in [3.8, 4) is 11.3 Å². The Morgan fingerprint density at radius 1 is 1.06 bits per heavy atom. The number of nitrogens with one attached hydrogen (secondary N) is 1. The van der Waals surface area contributed by atoms with E-state index in [0.717, 1.165) is 12.1 Å². The standard InChI is InChI=1S/C21H19F2N5O3/c1-21(2,3)31-20(30)11-7-8-16(25-10-11)26-15-9-14(27-28-18(15)19(24)29)17-12(22)5-4-6-13(17)23/h4-10H,1-3H3,(H2,24,29)(H,25,26,27). The highest BCUT2D eigenvalue weighted by atomic mass is 19.1. The number of halogens is 2. The number of rotatable bonds is 5. The van der Waals surface area contributed by atoms with E-state index in [9.17, 15) is 18.4 Å². The summed E-state index contributed by atoms with van der Waals surface area (Å²) in [5.74, 6) is -2.91. The van der Waals surface area contributed by atoms with E-state index in [1.54, 1.807) is 20.8 Å². The van der Waals surface area contributed by atoms with E-state index < -0.39 is 34.7 Å². The van der Waals surface area contributed by atoms with Crippen molar-refractivity contribution >= 4 is 23.4 Å². The van der Waals surface area contributed by atoms with Crippen LogP contribution in [0.25, 0.3) is 11.3 Å². The lowest BCUT2D eigenvalue weighted by Gasteiger charge is -2.19. The van der Waals surface area contributed by atoms with Gasteiger partial charge in [-0.05, 0) is 51.1 Å². The molecule has 0 saturated carbocycles. The minimum atomic E-state index is -0.902. The molecule has 0 radical (unpaired) electrons. The molecule has 1 aromatic carbocycles. The normalized spacial score (nSPS) is 11.1. The first-order chi connectivity index (χ1) is 14.5. The molecule has 2 heterocycles. The van der Waals surface area contributed by atoms with Gasteiger partial charge in [0.2, 0.25) is 0 Å². The van der Waals surface area contributed by atoms with Gasteiger partial charge in [-0.25, -0.2) is 18.6 Å². The number of hydrogen-bond acceptors (Lipinski definition) is 7. The molecule has 0 bridgehead atoms. The number of aromatic nitrogens is 3. The van der Waals surface area contributed by atoms with Crippen LogP contribution in [0.3, 0.4) is 0 Å². The largest absolute Gasteiger partial charge is 0.456 e. The maximum absolute atomic E-state index is 14.1. The van der Waals surface area contributed by atoms with Gasteiger partial charge < -0.3 is 15.8 Å². The van der Waals surface area contributed by atoms with Gasteiger partial charge in [0.1, 0.15) is 28.7 Å². The molecule has 160 valence electrons. The molecular formula is C21H19F2N5O3. The summed E-state index contributed by atoms with van der Waals surface area (Å²) in [6.45, 7) is 5.23. The van der Waals surface area contributed by atoms with Gasteiger partial charge in [0.25, 0.3) is 5.91 Å². The topological polar surface area (TPSA) is 120 Å². The molecule has 0 saturated heterocycles. The quantitative estimate of drug-likeness (QED) is 0.597. The minimum absolute atomic E-state index is 0.0395. The number of pyridine rings is 1. The Morgan fingerprint density at radius 2 is 1.74 bits per heavy atom. The molecule has 0 aliphatic heterocycles. The number of ether oxygens (including phenoxy) is 1. The number of nitrogens with zero attached hydrogens (tertiary/aromatic N) is 3. The second kappa shape index (κ2) is 8.42. The Balaban J connectivity index is 1.93. The average molecular weight is 427 g/mol. The molecule has 0 unspecified atom stereocenters. The molecular weight excluding hydrogens is 408 g/mol. The van der Waals surface area contributed by atoms with E-state index in [-0.39, 0.29) is 28.5 Å². The van der Waals surface area contributed by atoms with Crippen molar-refractivity contribution in [1.82, 2.24) is 15.2 Å². The summed E-state index contributed by atoms with van der Waals surface area (Å²) in [5, 5.41) is 10.2. The lowest BCUT2D eigenvalue weighted by molar-refractivity contribution is 0.00690. The molecule has 31 heavy (non-hydrogen) atoms. The maximum Gasteiger partial charge on any atom is 0.340 e. The molecule has 0 atom stereocenters. The molecule has 1 amide bonds. The van der Waals surface area contributed by atoms with Gasteiger partial charge in [-0.2, -0.15) is 0 Å². The van der Waals surface area contributed by atoms with Crippen molar-refractivity contribution in [3.05, 3.63) is 65.5 Å². The first-order valence-corrected chi connectivity index (χ1v) is 9.13. The van der Waals surface area contributed by atoms with Crippen LogP contribution >= 0.6 is 0 Å². The Labute approximate surface area is 176 Å². The summed E-state index contributed by atoms with van der Waals surface area (Å²) in [5.41, 5.74) is 4.13. The van der Waals surface area contributed by atoms with E-state index in [1.807, 2.05) is 0 Å². The number of carbonyl (C=O) groups is 2. The van der Waals surface area contributed by atoms with E-state index in [1.165, 1.54) is 30.5 Å². The number of hydrogen-bond donors (Lipinski definition) is 2. The van der Waals surface area contributed by atoms with E-state index in [2.05, 4.69) is 20.5 Å². The van der Waals surface area contributed by atoms with Gasteiger partial charge in [0, 0.05) is 6.20 Å². The monoisotopic (exact) mass is 427 g/mol. The van der Waals surface area contributed by atoms with Crippen molar-refractivity contribution in [2.75, 3.05) is 5.32 Å². The fourth-order valence-electron chi connectivity index (χ4n) is 2.60. The fraction of sp³-hybridized carbons (Fsp3) is 0.190. The third-order valence-corrected chi connectivity index (χ3v) is 3.91. The molecule has 3 N–H and O–H groups in total. The van der Waals surface area contributed by atoms with Crippen LogP contribution in [0.5, 0.6) is 0 Å². The zero-order valence-corrected chi connectivity index (χ0v) is 16.9. The highest BCUT2D eigenvalue weighted by molar-refractivity contribution is 5.97. The summed E-state index contributed by atoms with van der Waals surface area (Å²) < 4.78 is 33.5. The van der Waals surface area contributed by atoms with E-state index >= 15 is 0 Å². The molecule has 0 spiro atoms. The molecule has 3 aromatic rings. The maximum atomic E-state index is 14.1. The zero-order chi connectivity index (χ0) is 22.8. The van der Waals surface area contributed by atoms with Gasteiger partial charge >= 0.3 is 5.97 Å². The van der Waals surface area contributed by atoms with Gasteiger partial charge in [0.05, 0.1) is 16.8 Å². The number of anilines is 2. The van der Waals surface area contributed by atoms with Crippen molar-refractivity contribution < 1.29 is 23.1 Å². The number of carbonyl (C=O) groups excluding carboxylic acids is 2. The van der Waals surface area contributed by atoms with Crippen molar-refractivity contribution in [1.29, 1.82) is 0 Å². The highest BCUT2D eigenvalue weighted by Gasteiger charge is 2.20. The number of benzene rings is 1. The summed E-state index contributed by atoms with van der Waals surface area (Å²) >= 11 is 0. The van der Waals surface area contributed by atoms with Crippen LogP contribution in [-0.4, -0.2) is 32.7 Å². The zero-order valence-electron chi connectivity index (χ0n) is 16.9. The van der Waals surface area contributed by atoms with Crippen molar-refractivity contribution in [3.63, 3.8) is 0 Å². The van der Waals surface area contributed by atoms with Crippen LogP contribution in [-0.2, 0) is 4.74 Å². The number of nitrogens with two attached hydrogens (primary N) is 1. The Kier molecular flexibility index (Phi) is 5.91. The average Bonchev–Trinajstić information content (AvgIpc) is 2.67.